The Morgan fingerprint density at radius 3 is 2.75 bits per heavy atom. The largest absolute Gasteiger partial charge is 0.366 e. The summed E-state index contributed by atoms with van der Waals surface area (Å²) < 4.78 is 5.82. The molecule has 16 heavy (non-hydrogen) atoms. The van der Waals surface area contributed by atoms with Crippen LogP contribution in [0.2, 0.25) is 0 Å². The molecular weight excluding hydrogens is 196 g/mol. The van der Waals surface area contributed by atoms with Crippen LogP contribution in [0.3, 0.4) is 0 Å². The molecule has 1 nitrogen and oxygen atoms in total. The summed E-state index contributed by atoms with van der Waals surface area (Å²) in [7, 11) is 0. The van der Waals surface area contributed by atoms with Crippen LogP contribution in [0, 0.1) is 5.41 Å². The Bertz CT molecular complexity index is 324. The first-order valence-electron chi connectivity index (χ1n) is 6.42. The molecule has 0 spiro atoms. The number of fused-ring (bicyclic) bond motifs is 1. The summed E-state index contributed by atoms with van der Waals surface area (Å²) in [4.78, 5) is 0. The highest BCUT2D eigenvalue weighted by molar-refractivity contribution is 5.11. The smallest absolute Gasteiger partial charge is 0.0954 e. The van der Waals surface area contributed by atoms with E-state index in [4.69, 9.17) is 4.74 Å². The topological polar surface area (TPSA) is 12.5 Å². The van der Waals surface area contributed by atoms with Crippen molar-refractivity contribution in [1.29, 1.82) is 0 Å². The van der Waals surface area contributed by atoms with E-state index in [-0.39, 0.29) is 11.0 Å². The Morgan fingerprint density at radius 2 is 2.00 bits per heavy atom. The predicted molar refractivity (Wildman–Crippen MR) is 68.4 cm³/mol. The van der Waals surface area contributed by atoms with E-state index in [0.29, 0.717) is 6.10 Å². The second-order valence-electron chi connectivity index (χ2n) is 6.31. The van der Waals surface area contributed by atoms with E-state index in [1.807, 2.05) is 0 Å². The van der Waals surface area contributed by atoms with E-state index in [9.17, 15) is 0 Å². The van der Waals surface area contributed by atoms with Crippen LogP contribution in [-0.4, -0.2) is 11.7 Å². The number of hydrogen-bond donors (Lipinski definition) is 0. The first-order chi connectivity index (χ1) is 7.41. The third kappa shape index (κ3) is 2.76. The van der Waals surface area contributed by atoms with Crippen molar-refractivity contribution < 1.29 is 4.74 Å². The summed E-state index contributed by atoms with van der Waals surface area (Å²) in [5.74, 6) is 0. The molecule has 0 bridgehead atoms. The van der Waals surface area contributed by atoms with Crippen molar-refractivity contribution in [2.75, 3.05) is 0 Å². The third-order valence-corrected chi connectivity index (χ3v) is 3.91. The summed E-state index contributed by atoms with van der Waals surface area (Å²) in [5, 5.41) is 0. The van der Waals surface area contributed by atoms with Crippen molar-refractivity contribution in [3.8, 4) is 0 Å². The molecule has 0 unspecified atom stereocenters. The van der Waals surface area contributed by atoms with Crippen molar-refractivity contribution in [2.45, 2.75) is 65.1 Å². The van der Waals surface area contributed by atoms with Gasteiger partial charge in [0.25, 0.3) is 0 Å². The van der Waals surface area contributed by atoms with Crippen molar-refractivity contribution in [3.63, 3.8) is 0 Å². The van der Waals surface area contributed by atoms with Crippen LogP contribution in [0.5, 0.6) is 0 Å². The average Bonchev–Trinajstić information content (AvgIpc) is 2.82. The van der Waals surface area contributed by atoms with Gasteiger partial charge in [-0.05, 0) is 44.9 Å². The van der Waals surface area contributed by atoms with Gasteiger partial charge in [0.1, 0.15) is 0 Å². The molecule has 1 heterocycles. The van der Waals surface area contributed by atoms with Gasteiger partial charge in [-0.3, -0.25) is 0 Å². The number of epoxide rings is 1. The van der Waals surface area contributed by atoms with Gasteiger partial charge >= 0.3 is 0 Å². The molecule has 0 amide bonds. The lowest BCUT2D eigenvalue weighted by Gasteiger charge is -2.18. The normalized spacial score (nSPS) is 38.2. The molecule has 90 valence electrons. The van der Waals surface area contributed by atoms with E-state index in [2.05, 4.69) is 45.9 Å². The Hall–Kier alpha value is -0.560. The molecule has 1 aliphatic heterocycles. The highest BCUT2D eigenvalue weighted by Crippen LogP contribution is 2.43. The predicted octanol–water partition coefficient (Wildman–Crippen LogP) is 4.25. The fraction of sp³-hybridized carbons (Fsp3) is 0.733. The van der Waals surface area contributed by atoms with Gasteiger partial charge in [0, 0.05) is 0 Å². The molecule has 1 heteroatoms. The molecule has 1 aliphatic carbocycles. The van der Waals surface area contributed by atoms with Crippen LogP contribution < -0.4 is 0 Å². The minimum absolute atomic E-state index is 0.136. The van der Waals surface area contributed by atoms with Gasteiger partial charge in [0.05, 0.1) is 11.7 Å². The summed E-state index contributed by atoms with van der Waals surface area (Å²) in [6.45, 7) is 9.10. The third-order valence-electron chi connectivity index (χ3n) is 3.91. The Balaban J connectivity index is 2.11. The quantitative estimate of drug-likeness (QED) is 0.439. The minimum atomic E-state index is 0.136. The second kappa shape index (κ2) is 4.03. The van der Waals surface area contributed by atoms with Gasteiger partial charge in [-0.2, -0.15) is 0 Å². The van der Waals surface area contributed by atoms with Crippen LogP contribution in [-0.2, 0) is 4.74 Å². The van der Waals surface area contributed by atoms with E-state index >= 15 is 0 Å². The first-order valence-corrected chi connectivity index (χ1v) is 6.42. The van der Waals surface area contributed by atoms with Gasteiger partial charge in [0.2, 0.25) is 0 Å². The second-order valence-corrected chi connectivity index (χ2v) is 6.31. The summed E-state index contributed by atoms with van der Waals surface area (Å²) in [6.07, 6.45) is 12.2. The maximum atomic E-state index is 5.82. The standard InChI is InChI=1S/C15H24O/c1-12-6-7-13-15(4,16-13)10-5-9-14(2,3)11-8-12/h5,8-9,13H,6-7,10-11H2,1-4H3/t13-,15+/m1/s1. The summed E-state index contributed by atoms with van der Waals surface area (Å²) >= 11 is 0. The van der Waals surface area contributed by atoms with Crippen molar-refractivity contribution in [2.24, 2.45) is 5.41 Å². The maximum absolute atomic E-state index is 5.82. The fourth-order valence-electron chi connectivity index (χ4n) is 2.41. The minimum Gasteiger partial charge on any atom is -0.366 e. The number of hydrogen-bond acceptors (Lipinski definition) is 1. The van der Waals surface area contributed by atoms with E-state index in [1.165, 1.54) is 18.4 Å². The highest BCUT2D eigenvalue weighted by Gasteiger charge is 2.50. The molecule has 0 aromatic rings. The molecule has 0 saturated carbocycles. The monoisotopic (exact) mass is 220 g/mol. The summed E-state index contributed by atoms with van der Waals surface area (Å²) in [5.41, 5.74) is 1.94. The Kier molecular flexibility index (Phi) is 3.00. The van der Waals surface area contributed by atoms with E-state index < -0.39 is 0 Å². The Labute approximate surface area is 99.6 Å². The van der Waals surface area contributed by atoms with Crippen molar-refractivity contribution >= 4 is 0 Å². The van der Waals surface area contributed by atoms with Crippen LogP contribution in [0.1, 0.15) is 53.4 Å². The fourth-order valence-corrected chi connectivity index (χ4v) is 2.41. The zero-order valence-corrected chi connectivity index (χ0v) is 11.0. The van der Waals surface area contributed by atoms with Gasteiger partial charge in [-0.15, -0.1) is 0 Å². The SMILES string of the molecule is CC1=CCC(C)(C)C=CC[C@]2(C)O[C@@H]2CC1. The zero-order chi connectivity index (χ0) is 11.8. The average molecular weight is 220 g/mol. The molecule has 0 radical (unpaired) electrons. The van der Waals surface area contributed by atoms with Gasteiger partial charge in [0.15, 0.2) is 0 Å². The molecule has 2 atom stereocenters. The lowest BCUT2D eigenvalue weighted by Crippen LogP contribution is -2.09. The van der Waals surface area contributed by atoms with Crippen LogP contribution in [0.15, 0.2) is 23.8 Å². The van der Waals surface area contributed by atoms with Crippen LogP contribution in [0.4, 0.5) is 0 Å². The highest BCUT2D eigenvalue weighted by atomic mass is 16.6. The molecule has 2 aliphatic rings. The first kappa shape index (κ1) is 11.9. The van der Waals surface area contributed by atoms with Crippen LogP contribution in [0.25, 0.3) is 0 Å². The number of rotatable bonds is 0. The summed E-state index contributed by atoms with van der Waals surface area (Å²) in [6, 6.07) is 0. The van der Waals surface area contributed by atoms with Crippen LogP contribution >= 0.6 is 0 Å². The van der Waals surface area contributed by atoms with Crippen molar-refractivity contribution in [1.82, 2.24) is 0 Å². The lowest BCUT2D eigenvalue weighted by atomic mass is 9.87. The molecule has 1 saturated heterocycles. The van der Waals surface area contributed by atoms with Gasteiger partial charge in [-0.25, -0.2) is 0 Å². The molecule has 2 rings (SSSR count). The van der Waals surface area contributed by atoms with Crippen molar-refractivity contribution in [3.05, 3.63) is 23.8 Å². The molecule has 0 N–H and O–H groups in total. The lowest BCUT2D eigenvalue weighted by molar-refractivity contribution is 0.306. The van der Waals surface area contributed by atoms with Gasteiger partial charge in [-0.1, -0.05) is 37.6 Å². The molecule has 0 aromatic heterocycles. The molecule has 0 aromatic carbocycles. The molecule has 1 fully saturated rings. The zero-order valence-electron chi connectivity index (χ0n) is 11.0. The Morgan fingerprint density at radius 1 is 1.25 bits per heavy atom. The van der Waals surface area contributed by atoms with E-state index in [0.717, 1.165) is 12.8 Å². The molecular formula is C15H24O. The van der Waals surface area contributed by atoms with E-state index in [1.54, 1.807) is 0 Å². The number of allylic oxidation sites excluding steroid dienone is 3. The number of ether oxygens (including phenoxy) is 1. The maximum Gasteiger partial charge on any atom is 0.0954 e. The van der Waals surface area contributed by atoms with Gasteiger partial charge < -0.3 is 4.74 Å².